The molecule has 2 aromatic heterocycles. The van der Waals surface area contributed by atoms with Gasteiger partial charge in [-0.25, -0.2) is 4.98 Å². The van der Waals surface area contributed by atoms with Crippen LogP contribution in [0.15, 0.2) is 10.7 Å². The maximum absolute atomic E-state index is 8.71. The van der Waals surface area contributed by atoms with Crippen molar-refractivity contribution in [3.63, 3.8) is 0 Å². The number of thiazole rings is 1. The standard InChI is InChI=1S/C7H7N3O2S/c1-4-8-2-5(13-4)7-9-6(3-11)10-12-7/h2,11H,3H2,1H3. The van der Waals surface area contributed by atoms with E-state index in [1.165, 1.54) is 11.3 Å². The Balaban J connectivity index is 2.35. The molecule has 0 saturated carbocycles. The lowest BCUT2D eigenvalue weighted by Gasteiger charge is -1.81. The summed E-state index contributed by atoms with van der Waals surface area (Å²) >= 11 is 1.48. The van der Waals surface area contributed by atoms with Crippen LogP contribution in [-0.2, 0) is 6.61 Å². The average Bonchev–Trinajstić information content (AvgIpc) is 2.71. The molecule has 0 aliphatic heterocycles. The summed E-state index contributed by atoms with van der Waals surface area (Å²) in [6.07, 6.45) is 1.68. The van der Waals surface area contributed by atoms with Gasteiger partial charge in [0, 0.05) is 0 Å². The number of nitrogens with zero attached hydrogens (tertiary/aromatic N) is 3. The van der Waals surface area contributed by atoms with Crippen LogP contribution in [-0.4, -0.2) is 20.2 Å². The van der Waals surface area contributed by atoms with E-state index in [1.807, 2.05) is 6.92 Å². The van der Waals surface area contributed by atoms with Gasteiger partial charge in [0.05, 0.1) is 11.2 Å². The van der Waals surface area contributed by atoms with Gasteiger partial charge < -0.3 is 9.63 Å². The molecule has 0 aromatic carbocycles. The number of aromatic nitrogens is 3. The van der Waals surface area contributed by atoms with E-state index < -0.39 is 0 Å². The first-order valence-electron chi connectivity index (χ1n) is 3.66. The lowest BCUT2D eigenvalue weighted by atomic mass is 10.5. The number of aliphatic hydroxyl groups excluding tert-OH is 1. The fourth-order valence-electron chi connectivity index (χ4n) is 0.879. The Labute approximate surface area is 78.1 Å². The second kappa shape index (κ2) is 3.23. The van der Waals surface area contributed by atoms with E-state index in [-0.39, 0.29) is 6.61 Å². The van der Waals surface area contributed by atoms with Crippen LogP contribution in [0.1, 0.15) is 10.8 Å². The highest BCUT2D eigenvalue weighted by Crippen LogP contribution is 2.23. The van der Waals surface area contributed by atoms with Crippen molar-refractivity contribution < 1.29 is 9.63 Å². The van der Waals surface area contributed by atoms with Crippen LogP contribution in [0.25, 0.3) is 10.8 Å². The van der Waals surface area contributed by atoms with Crippen LogP contribution in [0.4, 0.5) is 0 Å². The molecule has 2 rings (SSSR count). The summed E-state index contributed by atoms with van der Waals surface area (Å²) in [6, 6.07) is 0. The Morgan fingerprint density at radius 1 is 1.62 bits per heavy atom. The van der Waals surface area contributed by atoms with E-state index >= 15 is 0 Å². The van der Waals surface area contributed by atoms with Crippen LogP contribution in [0.5, 0.6) is 0 Å². The van der Waals surface area contributed by atoms with Crippen molar-refractivity contribution in [1.29, 1.82) is 0 Å². The third-order valence-electron chi connectivity index (χ3n) is 1.44. The molecule has 1 N–H and O–H groups in total. The minimum atomic E-state index is -0.207. The average molecular weight is 197 g/mol. The predicted molar refractivity (Wildman–Crippen MR) is 46.1 cm³/mol. The van der Waals surface area contributed by atoms with Gasteiger partial charge in [-0.2, -0.15) is 4.98 Å². The number of hydrogen-bond donors (Lipinski definition) is 1. The highest BCUT2D eigenvalue weighted by atomic mass is 32.1. The third-order valence-corrected chi connectivity index (χ3v) is 2.34. The van der Waals surface area contributed by atoms with Gasteiger partial charge in [-0.05, 0) is 6.92 Å². The van der Waals surface area contributed by atoms with Crippen molar-refractivity contribution in [2.45, 2.75) is 13.5 Å². The highest BCUT2D eigenvalue weighted by Gasteiger charge is 2.10. The molecule has 0 saturated heterocycles. The molecule has 0 radical (unpaired) electrons. The first-order valence-corrected chi connectivity index (χ1v) is 4.47. The van der Waals surface area contributed by atoms with Crippen molar-refractivity contribution in [3.05, 3.63) is 17.0 Å². The summed E-state index contributed by atoms with van der Waals surface area (Å²) in [5.74, 6) is 0.704. The largest absolute Gasteiger partial charge is 0.388 e. The summed E-state index contributed by atoms with van der Waals surface area (Å²) in [5, 5.41) is 13.2. The molecule has 2 heterocycles. The van der Waals surface area contributed by atoms with Crippen LogP contribution in [0, 0.1) is 6.92 Å². The molecule has 0 unspecified atom stereocenters. The maximum atomic E-state index is 8.71. The topological polar surface area (TPSA) is 72.0 Å². The number of aryl methyl sites for hydroxylation is 1. The van der Waals surface area contributed by atoms with Crippen molar-refractivity contribution in [3.8, 4) is 10.8 Å². The second-order valence-corrected chi connectivity index (χ2v) is 3.65. The van der Waals surface area contributed by atoms with Crippen molar-refractivity contribution >= 4 is 11.3 Å². The maximum Gasteiger partial charge on any atom is 0.269 e. The van der Waals surface area contributed by atoms with E-state index in [2.05, 4.69) is 15.1 Å². The van der Waals surface area contributed by atoms with E-state index in [1.54, 1.807) is 6.20 Å². The van der Waals surface area contributed by atoms with Gasteiger partial charge in [-0.1, -0.05) is 5.16 Å². The fraction of sp³-hybridized carbons (Fsp3) is 0.286. The number of rotatable bonds is 2. The second-order valence-electron chi connectivity index (χ2n) is 2.42. The van der Waals surface area contributed by atoms with Gasteiger partial charge in [0.1, 0.15) is 11.5 Å². The molecule has 0 spiro atoms. The summed E-state index contributed by atoms with van der Waals surface area (Å²) in [7, 11) is 0. The first kappa shape index (κ1) is 8.33. The normalized spacial score (nSPS) is 10.6. The highest BCUT2D eigenvalue weighted by molar-refractivity contribution is 7.14. The first-order chi connectivity index (χ1) is 6.29. The molecule has 0 bridgehead atoms. The Hall–Kier alpha value is -1.27. The van der Waals surface area contributed by atoms with Crippen molar-refractivity contribution in [2.75, 3.05) is 0 Å². The lowest BCUT2D eigenvalue weighted by molar-refractivity contribution is 0.264. The van der Waals surface area contributed by atoms with Gasteiger partial charge in [0.25, 0.3) is 5.89 Å². The van der Waals surface area contributed by atoms with Crippen LogP contribution in [0.2, 0.25) is 0 Å². The van der Waals surface area contributed by atoms with Crippen molar-refractivity contribution in [1.82, 2.24) is 15.1 Å². The monoisotopic (exact) mass is 197 g/mol. The molecule has 0 atom stereocenters. The fourth-order valence-corrected chi connectivity index (χ4v) is 1.58. The zero-order valence-corrected chi connectivity index (χ0v) is 7.71. The zero-order chi connectivity index (χ0) is 9.26. The van der Waals surface area contributed by atoms with Crippen molar-refractivity contribution in [2.24, 2.45) is 0 Å². The van der Waals surface area contributed by atoms with Crippen LogP contribution < -0.4 is 0 Å². The molecule has 0 aliphatic carbocycles. The van der Waals surface area contributed by atoms with E-state index in [4.69, 9.17) is 9.63 Å². The minimum absolute atomic E-state index is 0.207. The van der Waals surface area contributed by atoms with Gasteiger partial charge in [0.2, 0.25) is 0 Å². The Kier molecular flexibility index (Phi) is 2.07. The summed E-state index contributed by atoms with van der Waals surface area (Å²) in [4.78, 5) is 8.84. The molecular weight excluding hydrogens is 190 g/mol. The Bertz CT molecular complexity index is 409. The molecule has 68 valence electrons. The SMILES string of the molecule is Cc1ncc(-c2nc(CO)no2)s1. The zero-order valence-electron chi connectivity index (χ0n) is 6.89. The summed E-state index contributed by atoms with van der Waals surface area (Å²) in [6.45, 7) is 1.69. The number of hydrogen-bond acceptors (Lipinski definition) is 6. The van der Waals surface area contributed by atoms with Gasteiger partial charge in [-0.3, -0.25) is 0 Å². The molecule has 0 amide bonds. The Morgan fingerprint density at radius 2 is 2.46 bits per heavy atom. The smallest absolute Gasteiger partial charge is 0.269 e. The molecule has 2 aromatic rings. The molecule has 0 aliphatic rings. The van der Waals surface area contributed by atoms with E-state index in [0.29, 0.717) is 11.7 Å². The minimum Gasteiger partial charge on any atom is -0.388 e. The Morgan fingerprint density at radius 3 is 3.00 bits per heavy atom. The molecule has 0 fully saturated rings. The predicted octanol–water partition coefficient (Wildman–Crippen LogP) is 0.994. The van der Waals surface area contributed by atoms with E-state index in [0.717, 1.165) is 9.88 Å². The lowest BCUT2D eigenvalue weighted by Crippen LogP contribution is -1.83. The molecular formula is C7H7N3O2S. The molecule has 5 nitrogen and oxygen atoms in total. The van der Waals surface area contributed by atoms with E-state index in [9.17, 15) is 0 Å². The van der Waals surface area contributed by atoms with Gasteiger partial charge >= 0.3 is 0 Å². The molecule has 13 heavy (non-hydrogen) atoms. The van der Waals surface area contributed by atoms with Gasteiger partial charge in [-0.15, -0.1) is 11.3 Å². The van der Waals surface area contributed by atoms with Gasteiger partial charge in [0.15, 0.2) is 5.82 Å². The third kappa shape index (κ3) is 1.58. The van der Waals surface area contributed by atoms with Crippen LogP contribution >= 0.6 is 11.3 Å². The summed E-state index contributed by atoms with van der Waals surface area (Å²) < 4.78 is 4.90. The van der Waals surface area contributed by atoms with Crippen LogP contribution in [0.3, 0.4) is 0 Å². The number of aliphatic hydroxyl groups is 1. The quantitative estimate of drug-likeness (QED) is 0.777. The molecule has 6 heteroatoms. The summed E-state index contributed by atoms with van der Waals surface area (Å²) in [5.41, 5.74) is 0.